The van der Waals surface area contributed by atoms with E-state index in [9.17, 15) is 4.79 Å². The summed E-state index contributed by atoms with van der Waals surface area (Å²) in [4.78, 5) is 17.8. The lowest BCUT2D eigenvalue weighted by Crippen LogP contribution is -2.49. The zero-order chi connectivity index (χ0) is 14.5. The summed E-state index contributed by atoms with van der Waals surface area (Å²) in [6.07, 6.45) is 0. The van der Waals surface area contributed by atoms with Crippen molar-refractivity contribution >= 4 is 33.6 Å². The van der Waals surface area contributed by atoms with Crippen LogP contribution in [0.15, 0.2) is 27.6 Å². The van der Waals surface area contributed by atoms with Crippen LogP contribution in [0.5, 0.6) is 0 Å². The SMILES string of the molecule is CCN1CCN(C(=O)CSc2ccc(Br)cc2C)CC1. The van der Waals surface area contributed by atoms with Gasteiger partial charge in [-0.3, -0.25) is 4.79 Å². The van der Waals surface area contributed by atoms with E-state index >= 15 is 0 Å². The Kier molecular flexibility index (Phi) is 5.93. The van der Waals surface area contributed by atoms with Crippen LogP contribution in [-0.4, -0.2) is 54.2 Å². The quantitative estimate of drug-likeness (QED) is 0.774. The third-order valence-corrected chi connectivity index (χ3v) is 5.31. The van der Waals surface area contributed by atoms with Crippen molar-refractivity contribution in [2.75, 3.05) is 38.5 Å². The number of amides is 1. The molecule has 1 amide bonds. The number of piperazine rings is 1. The maximum atomic E-state index is 12.2. The molecule has 0 spiro atoms. The summed E-state index contributed by atoms with van der Waals surface area (Å²) in [6, 6.07) is 6.19. The van der Waals surface area contributed by atoms with Crippen LogP contribution in [0.1, 0.15) is 12.5 Å². The highest BCUT2D eigenvalue weighted by atomic mass is 79.9. The maximum Gasteiger partial charge on any atom is 0.233 e. The fourth-order valence-electron chi connectivity index (χ4n) is 2.32. The highest BCUT2D eigenvalue weighted by Crippen LogP contribution is 2.25. The molecule has 0 saturated carbocycles. The number of halogens is 1. The van der Waals surface area contributed by atoms with Crippen molar-refractivity contribution in [3.63, 3.8) is 0 Å². The number of nitrogens with zero attached hydrogens (tertiary/aromatic N) is 2. The lowest BCUT2D eigenvalue weighted by Gasteiger charge is -2.34. The average Bonchev–Trinajstić information content (AvgIpc) is 2.46. The van der Waals surface area contributed by atoms with Gasteiger partial charge in [0.25, 0.3) is 0 Å². The standard InChI is InChI=1S/C15H21BrN2OS/c1-3-17-6-8-18(9-7-17)15(19)11-20-14-5-4-13(16)10-12(14)2/h4-5,10H,3,6-9,11H2,1-2H3. The molecule has 1 aromatic carbocycles. The second kappa shape index (κ2) is 7.48. The van der Waals surface area contributed by atoms with Crippen molar-refractivity contribution in [1.82, 2.24) is 9.80 Å². The normalized spacial score (nSPS) is 16.4. The van der Waals surface area contributed by atoms with E-state index in [1.807, 2.05) is 11.0 Å². The van der Waals surface area contributed by atoms with E-state index in [2.05, 4.69) is 46.8 Å². The van der Waals surface area contributed by atoms with Crippen LogP contribution in [-0.2, 0) is 4.79 Å². The van der Waals surface area contributed by atoms with Crippen molar-refractivity contribution in [1.29, 1.82) is 0 Å². The molecule has 1 fully saturated rings. The third kappa shape index (κ3) is 4.24. The molecular formula is C15H21BrN2OS. The van der Waals surface area contributed by atoms with E-state index in [1.165, 1.54) is 10.5 Å². The number of rotatable bonds is 4. The van der Waals surface area contributed by atoms with E-state index in [4.69, 9.17) is 0 Å². The van der Waals surface area contributed by atoms with Gasteiger partial charge < -0.3 is 9.80 Å². The summed E-state index contributed by atoms with van der Waals surface area (Å²) in [7, 11) is 0. The Balaban J connectivity index is 1.83. The Hall–Kier alpha value is -0.520. The highest BCUT2D eigenvalue weighted by Gasteiger charge is 2.20. The molecule has 1 heterocycles. The van der Waals surface area contributed by atoms with Gasteiger partial charge in [0.2, 0.25) is 5.91 Å². The van der Waals surface area contributed by atoms with Crippen LogP contribution in [0, 0.1) is 6.92 Å². The molecule has 110 valence electrons. The molecule has 1 aromatic rings. The first-order valence-electron chi connectivity index (χ1n) is 6.99. The molecule has 0 aliphatic carbocycles. The molecule has 1 saturated heterocycles. The summed E-state index contributed by atoms with van der Waals surface area (Å²) >= 11 is 5.10. The highest BCUT2D eigenvalue weighted by molar-refractivity contribution is 9.10. The molecule has 0 atom stereocenters. The van der Waals surface area contributed by atoms with Gasteiger partial charge in [-0.2, -0.15) is 0 Å². The number of likely N-dealkylation sites (N-methyl/N-ethyl adjacent to an activating group) is 1. The van der Waals surface area contributed by atoms with Crippen molar-refractivity contribution in [3.8, 4) is 0 Å². The minimum Gasteiger partial charge on any atom is -0.339 e. The molecule has 0 bridgehead atoms. The van der Waals surface area contributed by atoms with Crippen LogP contribution < -0.4 is 0 Å². The molecule has 1 aliphatic heterocycles. The number of thioether (sulfide) groups is 1. The monoisotopic (exact) mass is 356 g/mol. The molecule has 0 aromatic heterocycles. The second-order valence-corrected chi connectivity index (χ2v) is 6.95. The first-order valence-corrected chi connectivity index (χ1v) is 8.77. The molecular weight excluding hydrogens is 336 g/mol. The van der Waals surface area contributed by atoms with Crippen LogP contribution in [0.4, 0.5) is 0 Å². The van der Waals surface area contributed by atoms with Gasteiger partial charge in [0.1, 0.15) is 0 Å². The van der Waals surface area contributed by atoms with Gasteiger partial charge in [0, 0.05) is 35.5 Å². The van der Waals surface area contributed by atoms with Gasteiger partial charge >= 0.3 is 0 Å². The largest absolute Gasteiger partial charge is 0.339 e. The summed E-state index contributed by atoms with van der Waals surface area (Å²) < 4.78 is 1.08. The molecule has 0 radical (unpaired) electrons. The molecule has 1 aliphatic rings. The predicted octanol–water partition coefficient (Wildman–Crippen LogP) is 3.01. The Morgan fingerprint density at radius 3 is 2.60 bits per heavy atom. The van der Waals surface area contributed by atoms with Crippen LogP contribution in [0.25, 0.3) is 0 Å². The summed E-state index contributed by atoms with van der Waals surface area (Å²) in [5.41, 5.74) is 1.22. The first-order chi connectivity index (χ1) is 9.60. The Morgan fingerprint density at radius 1 is 1.30 bits per heavy atom. The number of benzene rings is 1. The molecule has 5 heteroatoms. The molecule has 0 N–H and O–H groups in total. The molecule has 2 rings (SSSR count). The minimum absolute atomic E-state index is 0.257. The number of hydrogen-bond donors (Lipinski definition) is 0. The van der Waals surface area contributed by atoms with E-state index in [0.29, 0.717) is 5.75 Å². The van der Waals surface area contributed by atoms with Gasteiger partial charge in [-0.15, -0.1) is 11.8 Å². The number of aryl methyl sites for hydroxylation is 1. The van der Waals surface area contributed by atoms with Crippen molar-refractivity contribution in [2.24, 2.45) is 0 Å². The van der Waals surface area contributed by atoms with Crippen LogP contribution in [0.2, 0.25) is 0 Å². The minimum atomic E-state index is 0.257. The van der Waals surface area contributed by atoms with Crippen LogP contribution >= 0.6 is 27.7 Å². The van der Waals surface area contributed by atoms with Crippen molar-refractivity contribution < 1.29 is 4.79 Å². The summed E-state index contributed by atoms with van der Waals surface area (Å²) in [5, 5.41) is 0. The Labute approximate surface area is 133 Å². The zero-order valence-electron chi connectivity index (χ0n) is 12.1. The first kappa shape index (κ1) is 15.9. The van der Waals surface area contributed by atoms with Crippen molar-refractivity contribution in [2.45, 2.75) is 18.7 Å². The average molecular weight is 357 g/mol. The number of carbonyl (C=O) groups is 1. The van der Waals surface area contributed by atoms with E-state index in [0.717, 1.165) is 37.2 Å². The zero-order valence-corrected chi connectivity index (χ0v) is 14.5. The number of hydrogen-bond acceptors (Lipinski definition) is 3. The fourth-order valence-corrected chi connectivity index (χ4v) is 3.71. The lowest BCUT2D eigenvalue weighted by atomic mass is 10.2. The van der Waals surface area contributed by atoms with Gasteiger partial charge in [-0.1, -0.05) is 22.9 Å². The maximum absolute atomic E-state index is 12.2. The van der Waals surface area contributed by atoms with Gasteiger partial charge in [0.05, 0.1) is 5.75 Å². The lowest BCUT2D eigenvalue weighted by molar-refractivity contribution is -0.130. The van der Waals surface area contributed by atoms with E-state index in [1.54, 1.807) is 11.8 Å². The smallest absolute Gasteiger partial charge is 0.233 e. The van der Waals surface area contributed by atoms with Gasteiger partial charge in [-0.05, 0) is 37.2 Å². The van der Waals surface area contributed by atoms with Gasteiger partial charge in [-0.25, -0.2) is 0 Å². The van der Waals surface area contributed by atoms with Crippen molar-refractivity contribution in [3.05, 3.63) is 28.2 Å². The van der Waals surface area contributed by atoms with Gasteiger partial charge in [0.15, 0.2) is 0 Å². The van der Waals surface area contributed by atoms with Crippen LogP contribution in [0.3, 0.4) is 0 Å². The Morgan fingerprint density at radius 2 is 2.00 bits per heavy atom. The van der Waals surface area contributed by atoms with E-state index in [-0.39, 0.29) is 5.91 Å². The summed E-state index contributed by atoms with van der Waals surface area (Å²) in [6.45, 7) is 9.07. The van der Waals surface area contributed by atoms with E-state index < -0.39 is 0 Å². The third-order valence-electron chi connectivity index (χ3n) is 3.66. The molecule has 3 nitrogen and oxygen atoms in total. The summed E-state index contributed by atoms with van der Waals surface area (Å²) in [5.74, 6) is 0.794. The Bertz CT molecular complexity index is 473. The second-order valence-electron chi connectivity index (χ2n) is 5.01. The molecule has 20 heavy (non-hydrogen) atoms. The predicted molar refractivity (Wildman–Crippen MR) is 88.3 cm³/mol. The fraction of sp³-hybridized carbons (Fsp3) is 0.533. The number of carbonyl (C=O) groups excluding carboxylic acids is 1. The molecule has 0 unspecified atom stereocenters. The topological polar surface area (TPSA) is 23.6 Å².